The maximum Gasteiger partial charge on any atom is 0.253 e. The maximum absolute atomic E-state index is 13.1. The van der Waals surface area contributed by atoms with Crippen molar-refractivity contribution in [2.75, 3.05) is 6.26 Å². The average molecular weight is 419 g/mol. The van der Waals surface area contributed by atoms with Gasteiger partial charge in [0, 0.05) is 35.8 Å². The van der Waals surface area contributed by atoms with Crippen LogP contribution in [0.3, 0.4) is 0 Å². The summed E-state index contributed by atoms with van der Waals surface area (Å²) in [5.74, 6) is -0.705. The fourth-order valence-corrected chi connectivity index (χ4v) is 3.50. The van der Waals surface area contributed by atoms with Crippen molar-refractivity contribution < 1.29 is 17.6 Å². The highest BCUT2D eigenvalue weighted by molar-refractivity contribution is 7.90. The number of nitrogens with one attached hydrogen (secondary N) is 1. The Kier molecular flexibility index (Phi) is 5.76. The molecule has 0 saturated carbocycles. The lowest BCUT2D eigenvalue weighted by Gasteiger charge is -2.09. The number of nitrogens with zero attached hydrogens (tertiary/aromatic N) is 1. The molecule has 2 aromatic carbocycles. The zero-order chi connectivity index (χ0) is 20.3. The lowest BCUT2D eigenvalue weighted by Crippen LogP contribution is -2.23. The third kappa shape index (κ3) is 4.74. The third-order valence-electron chi connectivity index (χ3n) is 4.07. The minimum absolute atomic E-state index is 0.115. The summed E-state index contributed by atoms with van der Waals surface area (Å²) >= 11 is 6.12. The molecule has 0 spiro atoms. The molecule has 1 amide bonds. The molecule has 3 aromatic rings. The first-order valence-electron chi connectivity index (χ1n) is 8.22. The minimum Gasteiger partial charge on any atom is -0.348 e. The molecule has 0 fully saturated rings. The van der Waals surface area contributed by atoms with E-state index in [0.717, 1.165) is 11.8 Å². The van der Waals surface area contributed by atoms with E-state index in [1.165, 1.54) is 30.5 Å². The van der Waals surface area contributed by atoms with Gasteiger partial charge in [0.25, 0.3) is 5.91 Å². The first-order valence-corrected chi connectivity index (χ1v) is 10.5. The smallest absolute Gasteiger partial charge is 0.253 e. The van der Waals surface area contributed by atoms with Crippen molar-refractivity contribution in [3.63, 3.8) is 0 Å². The summed E-state index contributed by atoms with van der Waals surface area (Å²) in [6.45, 7) is 0.127. The zero-order valence-electron chi connectivity index (χ0n) is 14.8. The molecule has 8 heteroatoms. The molecule has 0 bridgehead atoms. The number of hydrogen-bond acceptors (Lipinski definition) is 4. The first-order chi connectivity index (χ1) is 13.2. The summed E-state index contributed by atoms with van der Waals surface area (Å²) in [5.41, 5.74) is 2.35. The molecule has 0 radical (unpaired) electrons. The van der Waals surface area contributed by atoms with E-state index in [0.29, 0.717) is 16.7 Å². The molecule has 0 atom stereocenters. The Labute approximate surface area is 167 Å². The lowest BCUT2D eigenvalue weighted by atomic mass is 10.1. The fourth-order valence-electron chi connectivity index (χ4n) is 2.54. The van der Waals surface area contributed by atoms with Gasteiger partial charge in [-0.25, -0.2) is 12.8 Å². The first kappa shape index (κ1) is 20.0. The van der Waals surface area contributed by atoms with Crippen LogP contribution in [-0.4, -0.2) is 25.6 Å². The predicted molar refractivity (Wildman–Crippen MR) is 105 cm³/mol. The van der Waals surface area contributed by atoms with Gasteiger partial charge in [0.2, 0.25) is 0 Å². The van der Waals surface area contributed by atoms with Crippen LogP contribution in [0.25, 0.3) is 11.1 Å². The van der Waals surface area contributed by atoms with Gasteiger partial charge in [0.05, 0.1) is 10.5 Å². The Bertz CT molecular complexity index is 1130. The Balaban J connectivity index is 1.74. The molecule has 0 saturated heterocycles. The number of rotatable bonds is 5. The van der Waals surface area contributed by atoms with Crippen molar-refractivity contribution >= 4 is 27.3 Å². The van der Waals surface area contributed by atoms with Crippen LogP contribution in [0.4, 0.5) is 4.39 Å². The SMILES string of the molecule is CS(=O)(=O)c1ccc(CNC(=O)c2cncc(-c3ccc(F)cc3)c2)c(Cl)c1. The molecule has 28 heavy (non-hydrogen) atoms. The largest absolute Gasteiger partial charge is 0.348 e. The number of benzene rings is 2. The van der Waals surface area contributed by atoms with Crippen LogP contribution >= 0.6 is 11.6 Å². The summed E-state index contributed by atoms with van der Waals surface area (Å²) in [4.78, 5) is 16.6. The van der Waals surface area contributed by atoms with E-state index in [4.69, 9.17) is 11.6 Å². The van der Waals surface area contributed by atoms with E-state index in [9.17, 15) is 17.6 Å². The van der Waals surface area contributed by atoms with Crippen LogP contribution in [0.15, 0.2) is 65.8 Å². The Morgan fingerprint density at radius 1 is 1.07 bits per heavy atom. The predicted octanol–water partition coefficient (Wildman–Crippen LogP) is 3.87. The Morgan fingerprint density at radius 2 is 1.79 bits per heavy atom. The second-order valence-electron chi connectivity index (χ2n) is 6.18. The molecule has 3 rings (SSSR count). The van der Waals surface area contributed by atoms with Gasteiger partial charge in [-0.15, -0.1) is 0 Å². The highest BCUT2D eigenvalue weighted by Crippen LogP contribution is 2.22. The number of carbonyl (C=O) groups is 1. The highest BCUT2D eigenvalue weighted by Gasteiger charge is 2.12. The molecule has 1 aromatic heterocycles. The molecule has 1 N–H and O–H groups in total. The highest BCUT2D eigenvalue weighted by atomic mass is 35.5. The lowest BCUT2D eigenvalue weighted by molar-refractivity contribution is 0.0950. The van der Waals surface area contributed by atoms with Crippen molar-refractivity contribution in [1.29, 1.82) is 0 Å². The van der Waals surface area contributed by atoms with E-state index in [2.05, 4.69) is 10.3 Å². The third-order valence-corrected chi connectivity index (χ3v) is 5.53. The van der Waals surface area contributed by atoms with Gasteiger partial charge in [-0.1, -0.05) is 29.8 Å². The van der Waals surface area contributed by atoms with E-state index < -0.39 is 9.84 Å². The van der Waals surface area contributed by atoms with Gasteiger partial charge in [-0.3, -0.25) is 9.78 Å². The minimum atomic E-state index is -3.35. The zero-order valence-corrected chi connectivity index (χ0v) is 16.4. The van der Waals surface area contributed by atoms with Crippen molar-refractivity contribution in [3.8, 4) is 11.1 Å². The van der Waals surface area contributed by atoms with E-state index in [-0.39, 0.29) is 28.2 Å². The standard InChI is InChI=1S/C20H16ClFN2O3S/c1-28(26,27)18-7-4-14(19(21)9-18)12-24-20(25)16-8-15(10-23-11-16)13-2-5-17(22)6-3-13/h2-11H,12H2,1H3,(H,24,25). The van der Waals surface area contributed by atoms with Crippen molar-refractivity contribution in [3.05, 3.63) is 82.9 Å². The van der Waals surface area contributed by atoms with Gasteiger partial charge >= 0.3 is 0 Å². The van der Waals surface area contributed by atoms with Crippen LogP contribution in [0.2, 0.25) is 5.02 Å². The van der Waals surface area contributed by atoms with Crippen LogP contribution in [0.5, 0.6) is 0 Å². The number of sulfone groups is 1. The number of halogens is 2. The average Bonchev–Trinajstić information content (AvgIpc) is 2.66. The van der Waals surface area contributed by atoms with Crippen molar-refractivity contribution in [2.45, 2.75) is 11.4 Å². The number of carbonyl (C=O) groups excluding carboxylic acids is 1. The molecule has 5 nitrogen and oxygen atoms in total. The maximum atomic E-state index is 13.1. The van der Waals surface area contributed by atoms with Gasteiger partial charge in [-0.2, -0.15) is 0 Å². The number of pyridine rings is 1. The number of amides is 1. The molecule has 1 heterocycles. The van der Waals surface area contributed by atoms with Gasteiger partial charge in [0.1, 0.15) is 5.82 Å². The molecule has 0 aliphatic heterocycles. The second kappa shape index (κ2) is 8.08. The normalized spacial score (nSPS) is 11.2. The van der Waals surface area contributed by atoms with Gasteiger partial charge in [0.15, 0.2) is 9.84 Å². The summed E-state index contributed by atoms with van der Waals surface area (Å²) in [6, 6.07) is 11.9. The van der Waals surface area contributed by atoms with Crippen molar-refractivity contribution in [1.82, 2.24) is 10.3 Å². The molecular weight excluding hydrogens is 403 g/mol. The quantitative estimate of drug-likeness (QED) is 0.682. The summed E-state index contributed by atoms with van der Waals surface area (Å²) in [6.07, 6.45) is 4.11. The van der Waals surface area contributed by atoms with Crippen molar-refractivity contribution in [2.24, 2.45) is 0 Å². The summed E-state index contributed by atoms with van der Waals surface area (Å²) in [5, 5.41) is 2.98. The molecule has 144 valence electrons. The van der Waals surface area contributed by atoms with Crippen LogP contribution < -0.4 is 5.32 Å². The van der Waals surface area contributed by atoms with Gasteiger partial charge < -0.3 is 5.32 Å². The summed E-state index contributed by atoms with van der Waals surface area (Å²) in [7, 11) is -3.35. The molecule has 0 aliphatic carbocycles. The Hall–Kier alpha value is -2.77. The molecule has 0 unspecified atom stereocenters. The summed E-state index contributed by atoms with van der Waals surface area (Å²) < 4.78 is 36.2. The topological polar surface area (TPSA) is 76.1 Å². The molecule has 0 aliphatic rings. The van der Waals surface area contributed by atoms with Crippen LogP contribution in [-0.2, 0) is 16.4 Å². The number of aromatic nitrogens is 1. The number of hydrogen-bond donors (Lipinski definition) is 1. The van der Waals surface area contributed by atoms with Crippen LogP contribution in [0.1, 0.15) is 15.9 Å². The fraction of sp³-hybridized carbons (Fsp3) is 0.100. The monoisotopic (exact) mass is 418 g/mol. The van der Waals surface area contributed by atoms with E-state index in [1.807, 2.05) is 0 Å². The van der Waals surface area contributed by atoms with Gasteiger partial charge in [-0.05, 0) is 41.5 Å². The van der Waals surface area contributed by atoms with E-state index in [1.54, 1.807) is 30.5 Å². The second-order valence-corrected chi connectivity index (χ2v) is 8.60. The van der Waals surface area contributed by atoms with Crippen LogP contribution in [0, 0.1) is 5.82 Å². The Morgan fingerprint density at radius 3 is 2.43 bits per heavy atom. The molecular formula is C20H16ClFN2O3S. The van der Waals surface area contributed by atoms with E-state index >= 15 is 0 Å².